The average Bonchev–Trinajstić information content (AvgIpc) is 2.56. The van der Waals surface area contributed by atoms with E-state index >= 15 is 0 Å². The molecule has 8 nitrogen and oxygen atoms in total. The molecule has 0 aliphatic heterocycles. The first-order valence-corrected chi connectivity index (χ1v) is 6.98. The topological polar surface area (TPSA) is 110 Å². The zero-order valence-electron chi connectivity index (χ0n) is 12.7. The van der Waals surface area contributed by atoms with Crippen molar-refractivity contribution in [1.29, 1.82) is 0 Å². The van der Waals surface area contributed by atoms with Gasteiger partial charge >= 0.3 is 17.7 Å². The van der Waals surface area contributed by atoms with E-state index in [2.05, 4.69) is 5.32 Å². The van der Waals surface area contributed by atoms with Gasteiger partial charge in [0, 0.05) is 6.54 Å². The molecule has 24 heavy (non-hydrogen) atoms. The molecular weight excluding hydrogens is 321 g/mol. The molecule has 2 rings (SSSR count). The van der Waals surface area contributed by atoms with E-state index in [-0.39, 0.29) is 13.2 Å². The van der Waals surface area contributed by atoms with Gasteiger partial charge in [-0.1, -0.05) is 12.1 Å². The number of hydrogen-bond acceptors (Lipinski definition) is 5. The van der Waals surface area contributed by atoms with E-state index in [1.165, 1.54) is 12.1 Å². The van der Waals surface area contributed by atoms with E-state index in [0.717, 1.165) is 0 Å². The number of H-pyrrole nitrogens is 1. The number of ether oxygens (including phenoxy) is 1. The first kappa shape index (κ1) is 17.1. The summed E-state index contributed by atoms with van der Waals surface area (Å²) in [5.41, 5.74) is -1.23. The van der Waals surface area contributed by atoms with E-state index in [1.54, 1.807) is 24.0 Å². The second kappa shape index (κ2) is 7.36. The van der Waals surface area contributed by atoms with Crippen LogP contribution in [0.2, 0.25) is 0 Å². The molecule has 0 aliphatic carbocycles. The van der Waals surface area contributed by atoms with Crippen molar-refractivity contribution in [3.63, 3.8) is 0 Å². The van der Waals surface area contributed by atoms with Gasteiger partial charge in [0.2, 0.25) is 5.82 Å². The Kier molecular flexibility index (Phi) is 5.25. The van der Waals surface area contributed by atoms with E-state index in [4.69, 9.17) is 4.74 Å². The third-order valence-corrected chi connectivity index (χ3v) is 3.03. The summed E-state index contributed by atoms with van der Waals surface area (Å²) in [7, 11) is 0. The third-order valence-electron chi connectivity index (χ3n) is 3.03. The molecule has 1 aromatic heterocycles. The fourth-order valence-corrected chi connectivity index (χ4v) is 1.83. The van der Waals surface area contributed by atoms with Crippen LogP contribution >= 0.6 is 0 Å². The molecule has 1 heterocycles. The smallest absolute Gasteiger partial charge is 0.338 e. The second-order valence-electron chi connectivity index (χ2n) is 4.68. The van der Waals surface area contributed by atoms with Gasteiger partial charge in [-0.05, 0) is 24.6 Å². The molecule has 2 N–H and O–H groups in total. The molecule has 0 bridgehead atoms. The van der Waals surface area contributed by atoms with Crippen molar-refractivity contribution in [3.8, 4) is 0 Å². The zero-order chi connectivity index (χ0) is 17.7. The number of esters is 1. The van der Waals surface area contributed by atoms with E-state index in [0.29, 0.717) is 21.9 Å². The average molecular weight is 335 g/mol. The third kappa shape index (κ3) is 3.94. The minimum Gasteiger partial charge on any atom is -0.462 e. The summed E-state index contributed by atoms with van der Waals surface area (Å²) in [6, 6.07) is 5.37. The maximum Gasteiger partial charge on any atom is 0.338 e. The van der Waals surface area contributed by atoms with Crippen LogP contribution in [0.15, 0.2) is 40.1 Å². The number of nitrogens with one attached hydrogen (secondary N) is 2. The van der Waals surface area contributed by atoms with Gasteiger partial charge < -0.3 is 10.1 Å². The molecule has 9 heteroatoms. The Morgan fingerprint density at radius 3 is 2.54 bits per heavy atom. The van der Waals surface area contributed by atoms with E-state index < -0.39 is 29.1 Å². The number of amides is 1. The molecule has 1 aromatic carbocycles. The predicted octanol–water partition coefficient (Wildman–Crippen LogP) is 0.610. The van der Waals surface area contributed by atoms with Crippen molar-refractivity contribution in [3.05, 3.63) is 68.2 Å². The zero-order valence-corrected chi connectivity index (χ0v) is 12.7. The Balaban J connectivity index is 2.04. The maximum absolute atomic E-state index is 13.1. The maximum atomic E-state index is 13.1. The van der Waals surface area contributed by atoms with Crippen LogP contribution in [0.3, 0.4) is 0 Å². The van der Waals surface area contributed by atoms with Crippen molar-refractivity contribution < 1.29 is 18.7 Å². The summed E-state index contributed by atoms with van der Waals surface area (Å²) in [6.45, 7) is 2.00. The van der Waals surface area contributed by atoms with Crippen molar-refractivity contribution in [2.45, 2.75) is 13.5 Å². The highest BCUT2D eigenvalue weighted by atomic mass is 19.1. The van der Waals surface area contributed by atoms with Crippen LogP contribution in [-0.4, -0.2) is 28.2 Å². The summed E-state index contributed by atoms with van der Waals surface area (Å²) in [5.74, 6) is -1.70. The van der Waals surface area contributed by atoms with Crippen molar-refractivity contribution in [2.75, 3.05) is 6.61 Å². The van der Waals surface area contributed by atoms with E-state index in [9.17, 15) is 23.6 Å². The lowest BCUT2D eigenvalue weighted by atomic mass is 10.1. The number of rotatable bonds is 4. The Labute approximate surface area is 134 Å². The highest BCUT2D eigenvalue weighted by molar-refractivity contribution is 5.89. The minimum absolute atomic E-state index is 0.0368. The van der Waals surface area contributed by atoms with Gasteiger partial charge in [-0.15, -0.1) is 0 Å². The number of benzene rings is 1. The molecule has 2 aromatic rings. The Morgan fingerprint density at radius 2 is 1.92 bits per heavy atom. The largest absolute Gasteiger partial charge is 0.462 e. The quantitative estimate of drug-likeness (QED) is 0.796. The van der Waals surface area contributed by atoms with Gasteiger partial charge in [0.05, 0.1) is 18.4 Å². The first-order valence-electron chi connectivity index (χ1n) is 6.98. The van der Waals surface area contributed by atoms with E-state index in [1.807, 2.05) is 0 Å². The Morgan fingerprint density at radius 1 is 1.25 bits per heavy atom. The number of nitrogens with zero attached hydrogens (tertiary/aromatic N) is 1. The molecule has 126 valence electrons. The van der Waals surface area contributed by atoms with Crippen LogP contribution in [0.1, 0.15) is 22.8 Å². The molecular formula is C15H14FN3O5. The lowest BCUT2D eigenvalue weighted by Crippen LogP contribution is -2.40. The number of aromatic nitrogens is 2. The van der Waals surface area contributed by atoms with Crippen molar-refractivity contribution >= 4 is 12.0 Å². The summed E-state index contributed by atoms with van der Waals surface area (Å²) >= 11 is 0. The van der Waals surface area contributed by atoms with Gasteiger partial charge in [-0.25, -0.2) is 19.0 Å². The number of hydrogen-bond donors (Lipinski definition) is 2. The highest BCUT2D eigenvalue weighted by Gasteiger charge is 2.11. The van der Waals surface area contributed by atoms with Crippen molar-refractivity contribution in [2.24, 2.45) is 0 Å². The van der Waals surface area contributed by atoms with Crippen LogP contribution in [0.25, 0.3) is 0 Å². The summed E-state index contributed by atoms with van der Waals surface area (Å²) in [4.78, 5) is 47.4. The fraction of sp³-hybridized carbons (Fsp3) is 0.200. The molecule has 1 amide bonds. The molecule has 0 spiro atoms. The SMILES string of the molecule is CCOC(=O)c1ccc(CNC(=O)n2cc(F)c(=O)[nH]c2=O)cc1. The van der Waals surface area contributed by atoms with Crippen molar-refractivity contribution in [1.82, 2.24) is 14.9 Å². The lowest BCUT2D eigenvalue weighted by molar-refractivity contribution is 0.0526. The van der Waals surface area contributed by atoms with Crippen LogP contribution in [-0.2, 0) is 11.3 Å². The first-order chi connectivity index (χ1) is 11.4. The van der Waals surface area contributed by atoms with Crippen LogP contribution < -0.4 is 16.6 Å². The van der Waals surface area contributed by atoms with Crippen LogP contribution in [0.4, 0.5) is 9.18 Å². The molecule has 0 aliphatic rings. The molecule has 0 atom stereocenters. The monoisotopic (exact) mass is 335 g/mol. The number of halogens is 1. The fourth-order valence-electron chi connectivity index (χ4n) is 1.83. The standard InChI is InChI=1S/C15H14FN3O5/c1-2-24-13(21)10-5-3-9(4-6-10)7-17-14(22)19-8-11(16)12(20)18-15(19)23/h3-6,8H,2,7H2,1H3,(H,17,22)(H,18,20,23). The van der Waals surface area contributed by atoms with Gasteiger partial charge in [-0.3, -0.25) is 9.78 Å². The summed E-state index contributed by atoms with van der Waals surface area (Å²) < 4.78 is 18.4. The number of aromatic amines is 1. The molecule has 0 saturated carbocycles. The Bertz CT molecular complexity index is 870. The molecule has 0 radical (unpaired) electrons. The molecule has 0 saturated heterocycles. The second-order valence-corrected chi connectivity index (χ2v) is 4.68. The number of carbonyl (C=O) groups excluding carboxylic acids is 2. The highest BCUT2D eigenvalue weighted by Crippen LogP contribution is 2.06. The molecule has 0 unspecified atom stereocenters. The predicted molar refractivity (Wildman–Crippen MR) is 81.3 cm³/mol. The summed E-state index contributed by atoms with van der Waals surface area (Å²) in [6.07, 6.45) is 0.514. The van der Waals surface area contributed by atoms with Gasteiger partial charge in [0.1, 0.15) is 0 Å². The minimum atomic E-state index is -1.25. The Hall–Kier alpha value is -3.23. The normalized spacial score (nSPS) is 10.2. The number of carbonyl (C=O) groups is 2. The van der Waals surface area contributed by atoms with Crippen LogP contribution in [0, 0.1) is 5.82 Å². The molecule has 0 fully saturated rings. The van der Waals surface area contributed by atoms with Gasteiger partial charge in [-0.2, -0.15) is 4.39 Å². The van der Waals surface area contributed by atoms with Gasteiger partial charge in [0.15, 0.2) is 0 Å². The summed E-state index contributed by atoms with van der Waals surface area (Å²) in [5, 5.41) is 2.40. The van der Waals surface area contributed by atoms with Gasteiger partial charge in [0.25, 0.3) is 5.56 Å². The lowest BCUT2D eigenvalue weighted by Gasteiger charge is -2.07. The van der Waals surface area contributed by atoms with Crippen LogP contribution in [0.5, 0.6) is 0 Å².